The van der Waals surface area contributed by atoms with Crippen molar-refractivity contribution >= 4 is 21.4 Å². The van der Waals surface area contributed by atoms with Crippen LogP contribution in [0.4, 0.5) is 0 Å². The first-order valence-electron chi connectivity index (χ1n) is 5.75. The number of fused-ring (bicyclic) bond motifs is 1. The van der Waals surface area contributed by atoms with Gasteiger partial charge in [0.2, 0.25) is 0 Å². The van der Waals surface area contributed by atoms with E-state index in [2.05, 4.69) is 11.0 Å². The Morgan fingerprint density at radius 3 is 2.81 bits per heavy atom. The van der Waals surface area contributed by atoms with Crippen molar-refractivity contribution in [1.82, 2.24) is 4.90 Å². The third kappa shape index (κ3) is 1.93. The topological polar surface area (TPSA) is 23.5 Å². The van der Waals surface area contributed by atoms with Crippen molar-refractivity contribution in [2.24, 2.45) is 0 Å². The van der Waals surface area contributed by atoms with Gasteiger partial charge < -0.3 is 5.11 Å². The number of benzene rings is 1. The summed E-state index contributed by atoms with van der Waals surface area (Å²) in [5.74, 6) is 0.359. The normalized spacial score (nSPS) is 17.2. The number of rotatable bonds is 2. The summed E-state index contributed by atoms with van der Waals surface area (Å²) in [7, 11) is 0. The Hall–Kier alpha value is -1.06. The highest BCUT2D eigenvalue weighted by molar-refractivity contribution is 7.19. The highest BCUT2D eigenvalue weighted by Crippen LogP contribution is 2.29. The average molecular weight is 233 g/mol. The van der Waals surface area contributed by atoms with E-state index in [0.717, 1.165) is 6.54 Å². The molecule has 0 radical (unpaired) electrons. The predicted octanol–water partition coefficient (Wildman–Crippen LogP) is 3.20. The molecule has 1 aliphatic heterocycles. The van der Waals surface area contributed by atoms with E-state index in [1.54, 1.807) is 6.07 Å². The van der Waals surface area contributed by atoms with Crippen LogP contribution >= 0.6 is 11.3 Å². The average Bonchev–Trinajstić information content (AvgIpc) is 2.86. The summed E-state index contributed by atoms with van der Waals surface area (Å²) in [4.78, 5) is 3.91. The molecule has 1 N–H and O–H groups in total. The molecule has 0 saturated carbocycles. The molecule has 1 saturated heterocycles. The van der Waals surface area contributed by atoms with Gasteiger partial charge in [-0.15, -0.1) is 11.3 Å². The second kappa shape index (κ2) is 4.07. The molecule has 2 nitrogen and oxygen atoms in total. The molecule has 3 rings (SSSR count). The lowest BCUT2D eigenvalue weighted by Crippen LogP contribution is -2.17. The number of phenolic OH excluding ortho intramolecular Hbond substituents is 1. The van der Waals surface area contributed by atoms with E-state index in [1.807, 2.05) is 23.5 Å². The lowest BCUT2D eigenvalue weighted by Gasteiger charge is -2.12. The van der Waals surface area contributed by atoms with Crippen LogP contribution in [0.5, 0.6) is 5.75 Å². The summed E-state index contributed by atoms with van der Waals surface area (Å²) in [6.45, 7) is 3.54. The molecule has 84 valence electrons. The van der Waals surface area contributed by atoms with Gasteiger partial charge in [0.15, 0.2) is 0 Å². The van der Waals surface area contributed by atoms with Gasteiger partial charge >= 0.3 is 0 Å². The highest BCUT2D eigenvalue weighted by atomic mass is 32.1. The SMILES string of the molecule is Oc1ccc2sc(CN3CCCC3)cc2c1. The lowest BCUT2D eigenvalue weighted by atomic mass is 10.2. The van der Waals surface area contributed by atoms with E-state index in [0.29, 0.717) is 5.75 Å². The first kappa shape index (κ1) is 10.1. The summed E-state index contributed by atoms with van der Waals surface area (Å²) >= 11 is 1.84. The van der Waals surface area contributed by atoms with Crippen LogP contribution in [0, 0.1) is 0 Å². The van der Waals surface area contributed by atoms with Crippen LogP contribution in [-0.2, 0) is 6.54 Å². The minimum Gasteiger partial charge on any atom is -0.508 e. The van der Waals surface area contributed by atoms with Gasteiger partial charge in [-0.2, -0.15) is 0 Å². The second-order valence-corrected chi connectivity index (χ2v) is 5.59. The number of thiophene rings is 1. The maximum atomic E-state index is 9.42. The maximum Gasteiger partial charge on any atom is 0.116 e. The van der Waals surface area contributed by atoms with Gasteiger partial charge in [0.1, 0.15) is 5.75 Å². The van der Waals surface area contributed by atoms with Crippen LogP contribution in [0.3, 0.4) is 0 Å². The monoisotopic (exact) mass is 233 g/mol. The minimum atomic E-state index is 0.359. The molecule has 0 atom stereocenters. The van der Waals surface area contributed by atoms with E-state index >= 15 is 0 Å². The first-order chi connectivity index (χ1) is 7.81. The summed E-state index contributed by atoms with van der Waals surface area (Å²) in [6, 6.07) is 7.82. The highest BCUT2D eigenvalue weighted by Gasteiger charge is 2.13. The smallest absolute Gasteiger partial charge is 0.116 e. The van der Waals surface area contributed by atoms with Crippen molar-refractivity contribution in [1.29, 1.82) is 0 Å². The molecule has 0 aliphatic carbocycles. The Balaban J connectivity index is 1.86. The third-order valence-corrected chi connectivity index (χ3v) is 4.23. The summed E-state index contributed by atoms with van der Waals surface area (Å²) in [5, 5.41) is 10.6. The van der Waals surface area contributed by atoms with Gasteiger partial charge in [0, 0.05) is 16.1 Å². The van der Waals surface area contributed by atoms with Crippen LogP contribution in [0.25, 0.3) is 10.1 Å². The van der Waals surface area contributed by atoms with Gasteiger partial charge in [-0.3, -0.25) is 4.90 Å². The van der Waals surface area contributed by atoms with E-state index in [-0.39, 0.29) is 0 Å². The number of nitrogens with zero attached hydrogens (tertiary/aromatic N) is 1. The fraction of sp³-hybridized carbons (Fsp3) is 0.385. The number of hydrogen-bond acceptors (Lipinski definition) is 3. The van der Waals surface area contributed by atoms with E-state index in [1.165, 1.54) is 40.9 Å². The summed E-state index contributed by atoms with van der Waals surface area (Å²) < 4.78 is 1.27. The molecule has 1 aromatic heterocycles. The molecule has 16 heavy (non-hydrogen) atoms. The van der Waals surface area contributed by atoms with Crippen molar-refractivity contribution in [3.63, 3.8) is 0 Å². The number of likely N-dealkylation sites (tertiary alicyclic amines) is 1. The molecule has 0 spiro atoms. The standard InChI is InChI=1S/C13H15NOS/c15-11-3-4-13-10(7-11)8-12(16-13)9-14-5-1-2-6-14/h3-4,7-8,15H,1-2,5-6,9H2. The molecule has 0 bridgehead atoms. The molecule has 2 aromatic rings. The number of hydrogen-bond donors (Lipinski definition) is 1. The fourth-order valence-corrected chi connectivity index (χ4v) is 3.41. The van der Waals surface area contributed by atoms with Gasteiger partial charge in [0.25, 0.3) is 0 Å². The zero-order valence-corrected chi connectivity index (χ0v) is 9.96. The van der Waals surface area contributed by atoms with E-state index in [4.69, 9.17) is 0 Å². The quantitative estimate of drug-likeness (QED) is 0.861. The lowest BCUT2D eigenvalue weighted by molar-refractivity contribution is 0.334. The number of phenols is 1. The molecule has 1 aliphatic rings. The van der Waals surface area contributed by atoms with Crippen molar-refractivity contribution in [3.8, 4) is 5.75 Å². The van der Waals surface area contributed by atoms with Crippen molar-refractivity contribution in [3.05, 3.63) is 29.1 Å². The molecule has 3 heteroatoms. The van der Waals surface area contributed by atoms with Crippen molar-refractivity contribution < 1.29 is 5.11 Å². The third-order valence-electron chi connectivity index (χ3n) is 3.13. The van der Waals surface area contributed by atoms with E-state index in [9.17, 15) is 5.11 Å². The molecular weight excluding hydrogens is 218 g/mol. The van der Waals surface area contributed by atoms with Crippen LogP contribution < -0.4 is 0 Å². The van der Waals surface area contributed by atoms with Crippen LogP contribution in [-0.4, -0.2) is 23.1 Å². The fourth-order valence-electron chi connectivity index (χ4n) is 2.32. The van der Waals surface area contributed by atoms with Gasteiger partial charge in [-0.1, -0.05) is 0 Å². The van der Waals surface area contributed by atoms with Crippen LogP contribution in [0.15, 0.2) is 24.3 Å². The zero-order chi connectivity index (χ0) is 11.0. The van der Waals surface area contributed by atoms with Gasteiger partial charge in [-0.05, 0) is 55.6 Å². The Bertz CT molecular complexity index is 500. The van der Waals surface area contributed by atoms with Crippen molar-refractivity contribution in [2.75, 3.05) is 13.1 Å². The van der Waals surface area contributed by atoms with Gasteiger partial charge in [0.05, 0.1) is 0 Å². The molecule has 0 amide bonds. The second-order valence-electron chi connectivity index (χ2n) is 4.42. The Kier molecular flexibility index (Phi) is 2.58. The minimum absolute atomic E-state index is 0.359. The maximum absolute atomic E-state index is 9.42. The predicted molar refractivity (Wildman–Crippen MR) is 68.0 cm³/mol. The molecule has 2 heterocycles. The van der Waals surface area contributed by atoms with Crippen LogP contribution in [0.2, 0.25) is 0 Å². The molecular formula is C13H15NOS. The Morgan fingerprint density at radius 2 is 2.00 bits per heavy atom. The van der Waals surface area contributed by atoms with Gasteiger partial charge in [-0.25, -0.2) is 0 Å². The molecule has 1 fully saturated rings. The molecule has 0 unspecified atom stereocenters. The van der Waals surface area contributed by atoms with Crippen LogP contribution in [0.1, 0.15) is 17.7 Å². The number of aromatic hydroxyl groups is 1. The first-order valence-corrected chi connectivity index (χ1v) is 6.57. The Morgan fingerprint density at radius 1 is 1.19 bits per heavy atom. The van der Waals surface area contributed by atoms with Crippen molar-refractivity contribution in [2.45, 2.75) is 19.4 Å². The van der Waals surface area contributed by atoms with E-state index < -0.39 is 0 Å². The molecule has 1 aromatic carbocycles. The summed E-state index contributed by atoms with van der Waals surface area (Å²) in [5.41, 5.74) is 0. The largest absolute Gasteiger partial charge is 0.508 e. The summed E-state index contributed by atoms with van der Waals surface area (Å²) in [6.07, 6.45) is 2.68. The zero-order valence-electron chi connectivity index (χ0n) is 9.15. The Labute approximate surface area is 99.1 Å².